The molecule has 0 bridgehead atoms. The summed E-state index contributed by atoms with van der Waals surface area (Å²) in [6, 6.07) is 15.7. The molecule has 0 saturated carbocycles. The molecule has 1 amide bonds. The molecule has 2 heterocycles. The van der Waals surface area contributed by atoms with Crippen molar-refractivity contribution in [3.63, 3.8) is 0 Å². The van der Waals surface area contributed by atoms with Gasteiger partial charge in [0.05, 0.1) is 37.0 Å². The van der Waals surface area contributed by atoms with E-state index in [0.717, 1.165) is 35.7 Å². The smallest absolute Gasteiger partial charge is 0.275 e. The van der Waals surface area contributed by atoms with Crippen LogP contribution in [0, 0.1) is 6.92 Å². The Morgan fingerprint density at radius 2 is 1.86 bits per heavy atom. The summed E-state index contributed by atoms with van der Waals surface area (Å²) >= 11 is 0. The molecule has 0 aliphatic carbocycles. The van der Waals surface area contributed by atoms with Crippen LogP contribution in [-0.2, 0) is 4.74 Å². The molecule has 1 aromatic heterocycles. The predicted molar refractivity (Wildman–Crippen MR) is 114 cm³/mol. The fourth-order valence-corrected chi connectivity index (χ4v) is 3.23. The van der Waals surface area contributed by atoms with Crippen LogP contribution in [0.1, 0.15) is 16.1 Å². The first-order chi connectivity index (χ1) is 14.2. The van der Waals surface area contributed by atoms with Crippen molar-refractivity contribution in [1.29, 1.82) is 0 Å². The Morgan fingerprint density at radius 3 is 2.62 bits per heavy atom. The first-order valence-corrected chi connectivity index (χ1v) is 9.58. The van der Waals surface area contributed by atoms with E-state index in [-0.39, 0.29) is 11.6 Å². The quantitative estimate of drug-likeness (QED) is 0.694. The Hall–Kier alpha value is -3.45. The van der Waals surface area contributed by atoms with Crippen molar-refractivity contribution in [3.8, 4) is 0 Å². The molecule has 0 radical (unpaired) electrons. The first-order valence-electron chi connectivity index (χ1n) is 9.58. The van der Waals surface area contributed by atoms with Crippen molar-refractivity contribution < 1.29 is 9.53 Å². The molecule has 1 aliphatic rings. The molecule has 2 aromatic carbocycles. The standard InChI is InChI=1S/C22H23N5O2/c1-16-5-4-6-17(13-16)25-21-15-23-19(14-24-21)22(28)26-18-7-2-3-8-20(18)27-9-11-29-12-10-27/h2-8,13-15H,9-12H2,1H3,(H,24,25)(H,26,28). The van der Waals surface area contributed by atoms with Crippen LogP contribution >= 0.6 is 0 Å². The number of carbonyl (C=O) groups is 1. The third kappa shape index (κ3) is 4.70. The summed E-state index contributed by atoms with van der Waals surface area (Å²) in [4.78, 5) is 23.5. The van der Waals surface area contributed by atoms with Crippen LogP contribution in [0.4, 0.5) is 22.9 Å². The lowest BCUT2D eigenvalue weighted by Crippen LogP contribution is -2.36. The van der Waals surface area contributed by atoms with Crippen molar-refractivity contribution in [1.82, 2.24) is 9.97 Å². The third-order valence-electron chi connectivity index (χ3n) is 4.68. The van der Waals surface area contributed by atoms with Gasteiger partial charge in [0, 0.05) is 18.8 Å². The molecule has 1 fully saturated rings. The van der Waals surface area contributed by atoms with E-state index in [1.54, 1.807) is 6.20 Å². The molecule has 1 saturated heterocycles. The van der Waals surface area contributed by atoms with E-state index in [9.17, 15) is 4.79 Å². The Morgan fingerprint density at radius 1 is 1.03 bits per heavy atom. The number of para-hydroxylation sites is 2. The van der Waals surface area contributed by atoms with Gasteiger partial charge in [0.1, 0.15) is 11.5 Å². The number of aromatic nitrogens is 2. The highest BCUT2D eigenvalue weighted by molar-refractivity contribution is 6.04. The number of amides is 1. The topological polar surface area (TPSA) is 79.4 Å². The van der Waals surface area contributed by atoms with E-state index in [2.05, 4.69) is 25.5 Å². The largest absolute Gasteiger partial charge is 0.378 e. The normalized spacial score (nSPS) is 13.8. The highest BCUT2D eigenvalue weighted by atomic mass is 16.5. The Balaban J connectivity index is 1.45. The van der Waals surface area contributed by atoms with E-state index < -0.39 is 0 Å². The second-order valence-electron chi connectivity index (χ2n) is 6.85. The number of rotatable bonds is 5. The molecular weight excluding hydrogens is 366 g/mol. The first kappa shape index (κ1) is 18.9. The average molecular weight is 389 g/mol. The summed E-state index contributed by atoms with van der Waals surface area (Å²) < 4.78 is 5.42. The minimum absolute atomic E-state index is 0.261. The van der Waals surface area contributed by atoms with Gasteiger partial charge in [0.25, 0.3) is 5.91 Å². The summed E-state index contributed by atoms with van der Waals surface area (Å²) in [5.41, 5.74) is 4.07. The molecule has 2 N–H and O–H groups in total. The van der Waals surface area contributed by atoms with Crippen molar-refractivity contribution in [3.05, 3.63) is 72.2 Å². The molecule has 29 heavy (non-hydrogen) atoms. The van der Waals surface area contributed by atoms with Gasteiger partial charge in [0.15, 0.2) is 0 Å². The van der Waals surface area contributed by atoms with E-state index in [0.29, 0.717) is 19.0 Å². The minimum atomic E-state index is -0.291. The van der Waals surface area contributed by atoms with Crippen molar-refractivity contribution in [2.24, 2.45) is 0 Å². The number of hydrogen-bond acceptors (Lipinski definition) is 6. The zero-order chi connectivity index (χ0) is 20.1. The second-order valence-corrected chi connectivity index (χ2v) is 6.85. The van der Waals surface area contributed by atoms with Crippen LogP contribution in [0.3, 0.4) is 0 Å². The summed E-state index contributed by atoms with van der Waals surface area (Å²) in [5.74, 6) is 0.293. The number of nitrogens with one attached hydrogen (secondary N) is 2. The van der Waals surface area contributed by atoms with Crippen molar-refractivity contribution >= 4 is 28.8 Å². The zero-order valence-corrected chi connectivity index (χ0v) is 16.3. The average Bonchev–Trinajstić information content (AvgIpc) is 2.75. The van der Waals surface area contributed by atoms with Crippen LogP contribution < -0.4 is 15.5 Å². The molecule has 3 aromatic rings. The second kappa shape index (κ2) is 8.70. The maximum atomic E-state index is 12.7. The van der Waals surface area contributed by atoms with E-state index in [1.165, 1.54) is 6.20 Å². The fourth-order valence-electron chi connectivity index (χ4n) is 3.23. The van der Waals surface area contributed by atoms with Gasteiger partial charge < -0.3 is 20.3 Å². The molecule has 148 valence electrons. The van der Waals surface area contributed by atoms with Crippen LogP contribution in [0.5, 0.6) is 0 Å². The zero-order valence-electron chi connectivity index (χ0n) is 16.3. The summed E-state index contributed by atoms with van der Waals surface area (Å²) in [6.07, 6.45) is 3.04. The molecular formula is C22H23N5O2. The number of ether oxygens (including phenoxy) is 1. The molecule has 1 aliphatic heterocycles. The van der Waals surface area contributed by atoms with E-state index in [1.807, 2.05) is 55.5 Å². The minimum Gasteiger partial charge on any atom is -0.378 e. The molecule has 4 rings (SSSR count). The number of nitrogens with zero attached hydrogens (tertiary/aromatic N) is 3. The van der Waals surface area contributed by atoms with Gasteiger partial charge in [-0.3, -0.25) is 4.79 Å². The van der Waals surface area contributed by atoms with Crippen molar-refractivity contribution in [2.45, 2.75) is 6.92 Å². The van der Waals surface area contributed by atoms with Crippen molar-refractivity contribution in [2.75, 3.05) is 41.8 Å². The molecule has 0 unspecified atom stereocenters. The SMILES string of the molecule is Cc1cccc(Nc2cnc(C(=O)Nc3ccccc3N3CCOCC3)cn2)c1. The highest BCUT2D eigenvalue weighted by Gasteiger charge is 2.17. The van der Waals surface area contributed by atoms with Crippen LogP contribution in [0.2, 0.25) is 0 Å². The van der Waals surface area contributed by atoms with Gasteiger partial charge >= 0.3 is 0 Å². The molecule has 7 heteroatoms. The lowest BCUT2D eigenvalue weighted by atomic mass is 10.2. The summed E-state index contributed by atoms with van der Waals surface area (Å²) in [5, 5.41) is 6.15. The van der Waals surface area contributed by atoms with E-state index in [4.69, 9.17) is 4.74 Å². The fraction of sp³-hybridized carbons (Fsp3) is 0.227. The maximum Gasteiger partial charge on any atom is 0.275 e. The number of aryl methyl sites for hydroxylation is 1. The number of morpholine rings is 1. The Labute approximate surface area is 169 Å². The number of anilines is 4. The van der Waals surface area contributed by atoms with Gasteiger partial charge in [-0.1, -0.05) is 24.3 Å². The van der Waals surface area contributed by atoms with Gasteiger partial charge in [-0.15, -0.1) is 0 Å². The maximum absolute atomic E-state index is 12.7. The Bertz CT molecular complexity index is 985. The molecule has 7 nitrogen and oxygen atoms in total. The van der Waals surface area contributed by atoms with Crippen LogP contribution in [-0.4, -0.2) is 42.2 Å². The van der Waals surface area contributed by atoms with Crippen LogP contribution in [0.15, 0.2) is 60.9 Å². The molecule has 0 atom stereocenters. The number of carbonyl (C=O) groups excluding carboxylic acids is 1. The van der Waals surface area contributed by atoms with Gasteiger partial charge in [-0.2, -0.15) is 0 Å². The van der Waals surface area contributed by atoms with Crippen LogP contribution in [0.25, 0.3) is 0 Å². The van der Waals surface area contributed by atoms with Gasteiger partial charge in [-0.25, -0.2) is 9.97 Å². The number of hydrogen-bond donors (Lipinski definition) is 2. The number of benzene rings is 2. The summed E-state index contributed by atoms with van der Waals surface area (Å²) in [6.45, 7) is 4.99. The Kier molecular flexibility index (Phi) is 5.67. The predicted octanol–water partition coefficient (Wildman–Crippen LogP) is 3.62. The third-order valence-corrected chi connectivity index (χ3v) is 4.68. The van der Waals surface area contributed by atoms with Gasteiger partial charge in [0.2, 0.25) is 0 Å². The highest BCUT2D eigenvalue weighted by Crippen LogP contribution is 2.26. The molecule has 0 spiro atoms. The summed E-state index contributed by atoms with van der Waals surface area (Å²) in [7, 11) is 0. The lowest BCUT2D eigenvalue weighted by Gasteiger charge is -2.30. The monoisotopic (exact) mass is 389 g/mol. The lowest BCUT2D eigenvalue weighted by molar-refractivity contribution is 0.102. The van der Waals surface area contributed by atoms with E-state index >= 15 is 0 Å². The van der Waals surface area contributed by atoms with Gasteiger partial charge in [-0.05, 0) is 36.8 Å².